The first kappa shape index (κ1) is 23.9. The average molecular weight is 484 g/mol. The van der Waals surface area contributed by atoms with Crippen molar-refractivity contribution in [1.82, 2.24) is 10.3 Å². The number of amides is 1. The Kier molecular flexibility index (Phi) is 6.24. The Morgan fingerprint density at radius 2 is 2.00 bits per heavy atom. The summed E-state index contributed by atoms with van der Waals surface area (Å²) in [6.07, 6.45) is 7.40. The molecular weight excluding hydrogens is 454 g/mol. The summed E-state index contributed by atoms with van der Waals surface area (Å²) in [5, 5.41) is 9.05. The van der Waals surface area contributed by atoms with Crippen molar-refractivity contribution >= 4 is 32.8 Å². The van der Waals surface area contributed by atoms with Crippen LogP contribution in [0.25, 0.3) is 5.57 Å². The number of allylic oxidation sites excluding steroid dienone is 3. The highest BCUT2D eigenvalue weighted by atomic mass is 32.2. The summed E-state index contributed by atoms with van der Waals surface area (Å²) in [6, 6.07) is 5.80. The molecule has 1 saturated carbocycles. The second-order valence-corrected chi connectivity index (χ2v) is 11.3. The lowest BCUT2D eigenvalue weighted by molar-refractivity contribution is -0.123. The van der Waals surface area contributed by atoms with E-state index in [1.807, 2.05) is 24.3 Å². The van der Waals surface area contributed by atoms with E-state index >= 15 is 0 Å². The summed E-state index contributed by atoms with van der Waals surface area (Å²) in [7, 11) is -1.62. The third kappa shape index (κ3) is 4.57. The van der Waals surface area contributed by atoms with Crippen molar-refractivity contribution in [1.29, 1.82) is 0 Å². The number of hydrogen-bond acceptors (Lipinski definition) is 7. The van der Waals surface area contributed by atoms with Gasteiger partial charge >= 0.3 is 0 Å². The zero-order chi connectivity index (χ0) is 24.7. The highest BCUT2D eigenvalue weighted by Crippen LogP contribution is 2.48. The Morgan fingerprint density at radius 1 is 1.26 bits per heavy atom. The molecule has 0 aromatic heterocycles. The summed E-state index contributed by atoms with van der Waals surface area (Å²) >= 11 is 0. The van der Waals surface area contributed by atoms with Gasteiger partial charge in [-0.25, -0.2) is 13.4 Å². The molecule has 1 amide bonds. The Hall–Kier alpha value is -3.20. The minimum atomic E-state index is -3.16. The third-order valence-electron chi connectivity index (χ3n) is 6.60. The number of rotatable bonds is 8. The number of fused-ring (bicyclic) bond motifs is 1. The van der Waals surface area contributed by atoms with Crippen molar-refractivity contribution in [3.8, 4) is 0 Å². The number of hydrogen-bond donors (Lipinski definition) is 1. The summed E-state index contributed by atoms with van der Waals surface area (Å²) in [5.41, 5.74) is 4.04. The van der Waals surface area contributed by atoms with Crippen LogP contribution in [-0.2, 0) is 25.8 Å². The van der Waals surface area contributed by atoms with Crippen molar-refractivity contribution in [2.24, 2.45) is 10.5 Å². The molecule has 2 aliphatic carbocycles. The van der Waals surface area contributed by atoms with Crippen molar-refractivity contribution in [2.75, 3.05) is 25.7 Å². The molecule has 9 heteroatoms. The average Bonchev–Trinajstić information content (AvgIpc) is 3.52. The van der Waals surface area contributed by atoms with Gasteiger partial charge in [-0.1, -0.05) is 24.8 Å². The maximum absolute atomic E-state index is 12.8. The summed E-state index contributed by atoms with van der Waals surface area (Å²) in [4.78, 5) is 24.8. The molecule has 3 aliphatic rings. The SMILES string of the molecule is C=C1C(c2ccc3c(c2)CCC3=O)=CC=C(OC)N1/N=C(\C)C1(C(=O)NCCS(C)(=O)=O)CC1. The second-order valence-electron chi connectivity index (χ2n) is 9.00. The molecule has 0 bridgehead atoms. The van der Waals surface area contributed by atoms with E-state index in [-0.39, 0.29) is 24.0 Å². The van der Waals surface area contributed by atoms with Crippen LogP contribution in [0.2, 0.25) is 0 Å². The Morgan fingerprint density at radius 3 is 2.65 bits per heavy atom. The first-order valence-corrected chi connectivity index (χ1v) is 13.3. The zero-order valence-corrected chi connectivity index (χ0v) is 20.5. The van der Waals surface area contributed by atoms with Gasteiger partial charge in [-0.05, 0) is 43.4 Å². The molecule has 1 fully saturated rings. The summed E-state index contributed by atoms with van der Waals surface area (Å²) in [5.74, 6) is 0.316. The van der Waals surface area contributed by atoms with Crippen LogP contribution < -0.4 is 5.32 Å². The molecule has 8 nitrogen and oxygen atoms in total. The smallest absolute Gasteiger partial charge is 0.232 e. The molecule has 0 spiro atoms. The minimum absolute atomic E-state index is 0.0695. The lowest BCUT2D eigenvalue weighted by Gasteiger charge is -2.29. The number of Topliss-reactive ketones (excluding diaryl/α,β-unsaturated/α-hetero) is 1. The largest absolute Gasteiger partial charge is 0.481 e. The van der Waals surface area contributed by atoms with Crippen LogP contribution in [0, 0.1) is 5.41 Å². The lowest BCUT2D eigenvalue weighted by Crippen LogP contribution is -2.39. The predicted octanol–water partition coefficient (Wildman–Crippen LogP) is 2.83. The van der Waals surface area contributed by atoms with Crippen LogP contribution in [0.1, 0.15) is 47.7 Å². The number of methoxy groups -OCH3 is 1. The minimum Gasteiger partial charge on any atom is -0.481 e. The summed E-state index contributed by atoms with van der Waals surface area (Å²) < 4.78 is 28.3. The molecule has 0 atom stereocenters. The van der Waals surface area contributed by atoms with E-state index in [1.54, 1.807) is 25.1 Å². The van der Waals surface area contributed by atoms with E-state index in [9.17, 15) is 18.0 Å². The standard InChI is InChI=1S/C25H29N3O5S/c1-16-20(18-5-7-21-19(15-18)6-9-22(21)29)8-10-23(33-3)28(16)27-17(2)25(11-12-25)24(30)26-13-14-34(4,31)32/h5,7-8,10,15H,1,6,9,11-14H2,2-4H3,(H,26,30)/b27-17+. The quantitative estimate of drug-likeness (QED) is 0.570. The van der Waals surface area contributed by atoms with Gasteiger partial charge in [-0.3, -0.25) is 9.59 Å². The molecule has 0 unspecified atom stereocenters. The van der Waals surface area contributed by atoms with Gasteiger partial charge in [0, 0.05) is 36.4 Å². The molecule has 4 rings (SSSR count). The normalized spacial score (nSPS) is 19.4. The van der Waals surface area contributed by atoms with Gasteiger partial charge in [0.15, 0.2) is 5.78 Å². The topological polar surface area (TPSA) is 105 Å². The molecule has 180 valence electrons. The van der Waals surface area contributed by atoms with Crippen molar-refractivity contribution in [2.45, 2.75) is 32.6 Å². The third-order valence-corrected chi connectivity index (χ3v) is 7.55. The Balaban J connectivity index is 1.56. The highest BCUT2D eigenvalue weighted by Gasteiger charge is 2.53. The van der Waals surface area contributed by atoms with Gasteiger partial charge in [-0.15, -0.1) is 0 Å². The van der Waals surface area contributed by atoms with Gasteiger partial charge in [-0.2, -0.15) is 5.10 Å². The molecular formula is C25H29N3O5S. The zero-order valence-electron chi connectivity index (χ0n) is 19.7. The van der Waals surface area contributed by atoms with Crippen molar-refractivity contribution in [3.05, 3.63) is 65.2 Å². The monoisotopic (exact) mass is 483 g/mol. The highest BCUT2D eigenvalue weighted by molar-refractivity contribution is 7.90. The van der Waals surface area contributed by atoms with Gasteiger partial charge in [0.2, 0.25) is 11.8 Å². The van der Waals surface area contributed by atoms with E-state index in [4.69, 9.17) is 9.84 Å². The van der Waals surface area contributed by atoms with Crippen LogP contribution in [-0.4, -0.2) is 56.5 Å². The lowest BCUT2D eigenvalue weighted by atomic mass is 9.97. The van der Waals surface area contributed by atoms with Crippen molar-refractivity contribution < 1.29 is 22.7 Å². The van der Waals surface area contributed by atoms with E-state index < -0.39 is 15.3 Å². The molecule has 1 aromatic rings. The number of hydrazone groups is 1. The number of ether oxygens (including phenoxy) is 1. The van der Waals surface area contributed by atoms with Crippen LogP contribution in [0.5, 0.6) is 0 Å². The number of sulfone groups is 1. The first-order chi connectivity index (χ1) is 16.1. The molecule has 1 aromatic carbocycles. The number of ketones is 1. The number of aryl methyl sites for hydroxylation is 1. The van der Waals surface area contributed by atoms with Gasteiger partial charge in [0.25, 0.3) is 0 Å². The van der Waals surface area contributed by atoms with Crippen molar-refractivity contribution in [3.63, 3.8) is 0 Å². The number of benzene rings is 1. The van der Waals surface area contributed by atoms with Crippen LogP contribution >= 0.6 is 0 Å². The fourth-order valence-electron chi connectivity index (χ4n) is 4.36. The number of nitrogens with zero attached hydrogens (tertiary/aromatic N) is 2. The molecule has 1 aliphatic heterocycles. The summed E-state index contributed by atoms with van der Waals surface area (Å²) in [6.45, 7) is 6.10. The predicted molar refractivity (Wildman–Crippen MR) is 131 cm³/mol. The fourth-order valence-corrected chi connectivity index (χ4v) is 4.83. The fraction of sp³-hybridized carbons (Fsp3) is 0.400. The van der Waals surface area contributed by atoms with E-state index in [2.05, 4.69) is 11.9 Å². The maximum atomic E-state index is 12.8. The number of carbonyl (C=O) groups excluding carboxylic acids is 2. The van der Waals surface area contributed by atoms with E-state index in [0.29, 0.717) is 36.6 Å². The Bertz CT molecular complexity index is 1270. The van der Waals surface area contributed by atoms with Gasteiger partial charge < -0.3 is 10.1 Å². The first-order valence-electron chi connectivity index (χ1n) is 11.2. The molecule has 1 heterocycles. The molecule has 0 saturated heterocycles. The van der Waals surface area contributed by atoms with Gasteiger partial charge in [0.05, 0.1) is 29.7 Å². The van der Waals surface area contributed by atoms with Crippen LogP contribution in [0.15, 0.2) is 53.6 Å². The molecule has 1 N–H and O–H groups in total. The maximum Gasteiger partial charge on any atom is 0.232 e. The number of nitrogens with one attached hydrogen (secondary N) is 1. The molecule has 34 heavy (non-hydrogen) atoms. The number of carbonyl (C=O) groups is 2. The van der Waals surface area contributed by atoms with E-state index in [1.165, 1.54) is 0 Å². The Labute approximate surface area is 200 Å². The van der Waals surface area contributed by atoms with Gasteiger partial charge in [0.1, 0.15) is 9.84 Å². The van der Waals surface area contributed by atoms with Crippen LogP contribution in [0.3, 0.4) is 0 Å². The van der Waals surface area contributed by atoms with E-state index in [0.717, 1.165) is 34.9 Å². The second kappa shape index (κ2) is 8.87. The molecule has 0 radical (unpaired) electrons. The van der Waals surface area contributed by atoms with Crippen LogP contribution in [0.4, 0.5) is 0 Å².